The van der Waals surface area contributed by atoms with Gasteiger partial charge in [-0.05, 0) is 39.1 Å². The molecule has 0 fully saturated rings. The first-order valence-corrected chi connectivity index (χ1v) is 13.2. The summed E-state index contributed by atoms with van der Waals surface area (Å²) in [5, 5.41) is 10.4. The van der Waals surface area contributed by atoms with Crippen molar-refractivity contribution in [3.8, 4) is 22.6 Å². The summed E-state index contributed by atoms with van der Waals surface area (Å²) in [5.74, 6) is 0.762. The minimum Gasteiger partial charge on any atom is -0.236 e. The molecule has 0 saturated carbocycles. The van der Waals surface area contributed by atoms with E-state index in [0.717, 1.165) is 22.6 Å². The lowest BCUT2D eigenvalue weighted by molar-refractivity contribution is 1.18. The van der Waals surface area contributed by atoms with Crippen LogP contribution in [0, 0.1) is 0 Å². The predicted molar refractivity (Wildman–Crippen MR) is 158 cm³/mol. The number of thiophene rings is 1. The highest BCUT2D eigenvalue weighted by Crippen LogP contribution is 2.46. The lowest BCUT2D eigenvalue weighted by Gasteiger charge is -2.11. The molecule has 8 rings (SSSR count). The van der Waals surface area contributed by atoms with E-state index in [-0.39, 0.29) is 0 Å². The third-order valence-corrected chi connectivity index (χ3v) is 8.61. The van der Waals surface area contributed by atoms with E-state index >= 15 is 0 Å². The Morgan fingerprint density at radius 1 is 0.459 bits per heavy atom. The quantitative estimate of drug-likeness (QED) is 0.226. The zero-order chi connectivity index (χ0) is 24.3. The van der Waals surface area contributed by atoms with Crippen LogP contribution in [-0.4, -0.2) is 9.97 Å². The van der Waals surface area contributed by atoms with Crippen LogP contribution in [0.4, 0.5) is 0 Å². The molecule has 0 unspecified atom stereocenters. The molecule has 0 spiro atoms. The predicted octanol–water partition coefficient (Wildman–Crippen LogP) is 9.64. The first-order chi connectivity index (χ1) is 18.4. The van der Waals surface area contributed by atoms with Gasteiger partial charge in [0.25, 0.3) is 0 Å². The second-order valence-corrected chi connectivity index (χ2v) is 10.4. The van der Waals surface area contributed by atoms with Crippen molar-refractivity contribution >= 4 is 63.8 Å². The summed E-state index contributed by atoms with van der Waals surface area (Å²) in [6, 6.07) is 40.9. The molecule has 0 aliphatic rings. The molecule has 2 nitrogen and oxygen atoms in total. The van der Waals surface area contributed by atoms with Crippen molar-refractivity contribution in [1.82, 2.24) is 9.97 Å². The van der Waals surface area contributed by atoms with E-state index in [0.29, 0.717) is 0 Å². The molecule has 0 bridgehead atoms. The van der Waals surface area contributed by atoms with Crippen molar-refractivity contribution < 1.29 is 0 Å². The maximum absolute atomic E-state index is 4.98. The summed E-state index contributed by atoms with van der Waals surface area (Å²) in [6.45, 7) is 0. The zero-order valence-corrected chi connectivity index (χ0v) is 20.7. The normalized spacial score (nSPS) is 11.8. The number of hydrogen-bond acceptors (Lipinski definition) is 3. The van der Waals surface area contributed by atoms with Gasteiger partial charge in [0, 0.05) is 42.9 Å². The summed E-state index contributed by atoms with van der Waals surface area (Å²) in [4.78, 5) is 9.69. The molecule has 0 saturated heterocycles. The average molecular weight is 489 g/mol. The van der Waals surface area contributed by atoms with Gasteiger partial charge in [0.2, 0.25) is 0 Å². The molecule has 3 heteroatoms. The van der Waals surface area contributed by atoms with Crippen LogP contribution in [-0.2, 0) is 0 Å². The van der Waals surface area contributed by atoms with Crippen LogP contribution < -0.4 is 0 Å². The van der Waals surface area contributed by atoms with Gasteiger partial charge in [-0.1, -0.05) is 103 Å². The van der Waals surface area contributed by atoms with E-state index in [1.54, 1.807) is 0 Å². The summed E-state index contributed by atoms with van der Waals surface area (Å²) in [5.41, 5.74) is 3.11. The number of benzene rings is 6. The van der Waals surface area contributed by atoms with E-state index < -0.39 is 0 Å². The standard InChI is InChI=1S/C34H20N2S/c1-2-9-21(10-3-1)30-19-20-35-34(36-30)29-16-8-15-27-28-18-17-26-24-13-5-4-11-22(24)23-12-6-7-14-25(23)31(26)33(28)37-32(27)29/h1-20H. The van der Waals surface area contributed by atoms with Crippen molar-refractivity contribution in [2.75, 3.05) is 0 Å². The lowest BCUT2D eigenvalue weighted by Crippen LogP contribution is -1.91. The Labute approximate surface area is 217 Å². The Hall–Kier alpha value is -4.60. The van der Waals surface area contributed by atoms with E-state index in [4.69, 9.17) is 9.97 Å². The van der Waals surface area contributed by atoms with Crippen LogP contribution >= 0.6 is 11.3 Å². The molecule has 2 aromatic heterocycles. The Morgan fingerprint density at radius 2 is 1.05 bits per heavy atom. The third kappa shape index (κ3) is 3.05. The van der Waals surface area contributed by atoms with Crippen molar-refractivity contribution in [2.45, 2.75) is 0 Å². The zero-order valence-electron chi connectivity index (χ0n) is 19.8. The molecule has 0 amide bonds. The smallest absolute Gasteiger partial charge is 0.161 e. The van der Waals surface area contributed by atoms with Gasteiger partial charge in [-0.25, -0.2) is 9.97 Å². The Morgan fingerprint density at radius 3 is 1.84 bits per heavy atom. The molecule has 172 valence electrons. The number of aromatic nitrogens is 2. The molecular weight excluding hydrogens is 468 g/mol. The lowest BCUT2D eigenvalue weighted by atomic mass is 9.93. The van der Waals surface area contributed by atoms with Crippen molar-refractivity contribution in [2.24, 2.45) is 0 Å². The van der Waals surface area contributed by atoms with Crippen LogP contribution in [0.1, 0.15) is 0 Å². The molecule has 0 aliphatic heterocycles. The Balaban J connectivity index is 1.47. The van der Waals surface area contributed by atoms with Gasteiger partial charge in [-0.15, -0.1) is 11.3 Å². The monoisotopic (exact) mass is 488 g/mol. The summed E-state index contributed by atoms with van der Waals surface area (Å²) >= 11 is 1.86. The number of rotatable bonds is 2. The molecule has 37 heavy (non-hydrogen) atoms. The van der Waals surface area contributed by atoms with Gasteiger partial charge >= 0.3 is 0 Å². The highest BCUT2D eigenvalue weighted by Gasteiger charge is 2.17. The van der Waals surface area contributed by atoms with Crippen LogP contribution in [0.3, 0.4) is 0 Å². The average Bonchev–Trinajstić information content (AvgIpc) is 3.37. The van der Waals surface area contributed by atoms with Gasteiger partial charge in [0.05, 0.1) is 5.69 Å². The summed E-state index contributed by atoms with van der Waals surface area (Å²) in [7, 11) is 0. The molecular formula is C34H20N2S. The van der Waals surface area contributed by atoms with Gasteiger partial charge in [0.1, 0.15) is 0 Å². The van der Waals surface area contributed by atoms with Crippen molar-refractivity contribution in [3.63, 3.8) is 0 Å². The van der Waals surface area contributed by atoms with Gasteiger partial charge < -0.3 is 0 Å². The highest BCUT2D eigenvalue weighted by atomic mass is 32.1. The van der Waals surface area contributed by atoms with E-state index in [2.05, 4.69) is 91.0 Å². The fourth-order valence-electron chi connectivity index (χ4n) is 5.68. The Bertz CT molecular complexity index is 2110. The largest absolute Gasteiger partial charge is 0.236 e. The van der Waals surface area contributed by atoms with Crippen LogP contribution in [0.25, 0.3) is 75.1 Å². The van der Waals surface area contributed by atoms with Crippen LogP contribution in [0.5, 0.6) is 0 Å². The molecule has 8 aromatic rings. The summed E-state index contributed by atoms with van der Waals surface area (Å²) in [6.07, 6.45) is 1.87. The number of hydrogen-bond donors (Lipinski definition) is 0. The third-order valence-electron chi connectivity index (χ3n) is 7.34. The fraction of sp³-hybridized carbons (Fsp3) is 0. The molecule has 0 N–H and O–H groups in total. The highest BCUT2D eigenvalue weighted by molar-refractivity contribution is 7.27. The van der Waals surface area contributed by atoms with E-state index in [1.807, 2.05) is 41.8 Å². The second-order valence-electron chi connectivity index (χ2n) is 9.37. The van der Waals surface area contributed by atoms with Crippen LogP contribution in [0.15, 0.2) is 121 Å². The minimum atomic E-state index is 0.762. The first-order valence-electron chi connectivity index (χ1n) is 12.4. The van der Waals surface area contributed by atoms with Crippen molar-refractivity contribution in [3.05, 3.63) is 121 Å². The second kappa shape index (κ2) is 7.95. The molecule has 2 heterocycles. The molecule has 6 aromatic carbocycles. The maximum Gasteiger partial charge on any atom is 0.161 e. The van der Waals surface area contributed by atoms with Crippen LogP contribution in [0.2, 0.25) is 0 Å². The maximum atomic E-state index is 4.98. The SMILES string of the molecule is c1ccc(-c2ccnc(-c3cccc4c3sc3c4ccc4c5ccccc5c5ccccc5c43)n2)cc1. The van der Waals surface area contributed by atoms with E-state index in [9.17, 15) is 0 Å². The minimum absolute atomic E-state index is 0.762. The molecule has 0 radical (unpaired) electrons. The van der Waals surface area contributed by atoms with Gasteiger partial charge in [-0.2, -0.15) is 0 Å². The molecule has 0 aliphatic carbocycles. The van der Waals surface area contributed by atoms with E-state index in [1.165, 1.54) is 52.5 Å². The number of nitrogens with zero attached hydrogens (tertiary/aromatic N) is 2. The fourth-order valence-corrected chi connectivity index (χ4v) is 7.05. The Kier molecular flexibility index (Phi) is 4.42. The van der Waals surface area contributed by atoms with Crippen molar-refractivity contribution in [1.29, 1.82) is 0 Å². The molecule has 0 atom stereocenters. The topological polar surface area (TPSA) is 25.8 Å². The first kappa shape index (κ1) is 20.6. The van der Waals surface area contributed by atoms with Gasteiger partial charge in [0.15, 0.2) is 5.82 Å². The van der Waals surface area contributed by atoms with Gasteiger partial charge in [-0.3, -0.25) is 0 Å². The summed E-state index contributed by atoms with van der Waals surface area (Å²) < 4.78 is 2.55. The number of fused-ring (bicyclic) bond motifs is 10.